The highest BCUT2D eigenvalue weighted by Gasteiger charge is 2.26. The van der Waals surface area contributed by atoms with Crippen LogP contribution in [0.5, 0.6) is 0 Å². The van der Waals surface area contributed by atoms with Crippen molar-refractivity contribution in [3.05, 3.63) is 35.9 Å². The third-order valence-corrected chi connectivity index (χ3v) is 3.42. The first-order valence-corrected chi connectivity index (χ1v) is 6.87. The normalized spacial score (nSPS) is 20.4. The van der Waals surface area contributed by atoms with E-state index in [0.717, 1.165) is 18.7 Å². The molecule has 1 aromatic rings. The van der Waals surface area contributed by atoms with Crippen LogP contribution in [0, 0.1) is 0 Å². The van der Waals surface area contributed by atoms with Gasteiger partial charge in [0, 0.05) is 33.8 Å². The molecule has 1 N–H and O–H groups in total. The van der Waals surface area contributed by atoms with Crippen molar-refractivity contribution in [1.82, 2.24) is 10.2 Å². The fourth-order valence-electron chi connectivity index (χ4n) is 2.34. The second kappa shape index (κ2) is 7.38. The molecule has 2 unspecified atom stereocenters. The van der Waals surface area contributed by atoms with Gasteiger partial charge >= 0.3 is 0 Å². The Morgan fingerprint density at radius 3 is 2.85 bits per heavy atom. The summed E-state index contributed by atoms with van der Waals surface area (Å²) in [5.74, 6) is -0.0483. The largest absolute Gasteiger partial charge is 0.374 e. The first-order valence-electron chi connectivity index (χ1n) is 6.87. The van der Waals surface area contributed by atoms with Crippen LogP contribution in [0.15, 0.2) is 30.3 Å². The Morgan fingerprint density at radius 1 is 1.50 bits per heavy atom. The molecule has 0 saturated carbocycles. The maximum Gasteiger partial charge on any atom is 0.256 e. The van der Waals surface area contributed by atoms with Crippen LogP contribution in [0.3, 0.4) is 0 Å². The topological polar surface area (TPSA) is 50.8 Å². The first kappa shape index (κ1) is 15.0. The van der Waals surface area contributed by atoms with E-state index in [-0.39, 0.29) is 12.0 Å². The van der Waals surface area contributed by atoms with Gasteiger partial charge in [-0.2, -0.15) is 0 Å². The second-order valence-corrected chi connectivity index (χ2v) is 4.94. The summed E-state index contributed by atoms with van der Waals surface area (Å²) in [5, 5.41) is 3.26. The van der Waals surface area contributed by atoms with E-state index in [1.165, 1.54) is 0 Å². The third kappa shape index (κ3) is 3.79. The average Bonchev–Trinajstić information content (AvgIpc) is 2.50. The highest BCUT2D eigenvalue weighted by atomic mass is 16.5. The summed E-state index contributed by atoms with van der Waals surface area (Å²) < 4.78 is 11.0. The summed E-state index contributed by atoms with van der Waals surface area (Å²) in [6, 6.07) is 9.54. The Kier molecular flexibility index (Phi) is 5.52. The molecule has 1 saturated heterocycles. The van der Waals surface area contributed by atoms with Gasteiger partial charge in [0.2, 0.25) is 0 Å². The lowest BCUT2D eigenvalue weighted by molar-refractivity contribution is -0.143. The Hall–Kier alpha value is -1.43. The molecule has 1 aliphatic heterocycles. The van der Waals surface area contributed by atoms with Crippen LogP contribution in [-0.4, -0.2) is 57.3 Å². The number of likely N-dealkylation sites (N-methyl/N-ethyl adjacent to an activating group) is 1. The van der Waals surface area contributed by atoms with Gasteiger partial charge in [-0.05, 0) is 5.56 Å². The number of amides is 1. The Morgan fingerprint density at radius 2 is 2.25 bits per heavy atom. The van der Waals surface area contributed by atoms with E-state index in [1.807, 2.05) is 30.3 Å². The molecule has 1 amide bonds. The fraction of sp³-hybridized carbons (Fsp3) is 0.533. The number of hydrogen-bond acceptors (Lipinski definition) is 4. The number of morpholine rings is 1. The van der Waals surface area contributed by atoms with Gasteiger partial charge in [-0.15, -0.1) is 0 Å². The number of carbonyl (C=O) groups is 1. The Balaban J connectivity index is 1.97. The number of nitrogens with zero attached hydrogens (tertiary/aromatic N) is 1. The average molecular weight is 278 g/mol. The summed E-state index contributed by atoms with van der Waals surface area (Å²) in [6.45, 7) is 2.91. The molecular weight excluding hydrogens is 256 g/mol. The predicted octanol–water partition coefficient (Wildman–Crippen LogP) is 0.821. The van der Waals surface area contributed by atoms with E-state index < -0.39 is 6.10 Å². The van der Waals surface area contributed by atoms with Crippen molar-refractivity contribution in [2.24, 2.45) is 0 Å². The van der Waals surface area contributed by atoms with Crippen LogP contribution in [-0.2, 0) is 14.3 Å². The van der Waals surface area contributed by atoms with Crippen molar-refractivity contribution in [2.45, 2.75) is 12.2 Å². The molecule has 20 heavy (non-hydrogen) atoms. The van der Waals surface area contributed by atoms with Crippen molar-refractivity contribution >= 4 is 5.91 Å². The van der Waals surface area contributed by atoms with Crippen LogP contribution >= 0.6 is 0 Å². The zero-order valence-corrected chi connectivity index (χ0v) is 12.0. The lowest BCUT2D eigenvalue weighted by Crippen LogP contribution is -2.46. The molecule has 1 aromatic carbocycles. The molecular formula is C15H22N2O3. The number of nitrogens with one attached hydrogen (secondary N) is 1. The molecule has 1 fully saturated rings. The summed E-state index contributed by atoms with van der Waals surface area (Å²) >= 11 is 0. The number of methoxy groups -OCH3 is 1. The SMILES string of the molecule is COC(C(=O)N(C)CC1CNCCO1)c1ccccc1. The first-order chi connectivity index (χ1) is 9.72. The van der Waals surface area contributed by atoms with Gasteiger partial charge in [-0.25, -0.2) is 0 Å². The van der Waals surface area contributed by atoms with Crippen molar-refractivity contribution in [2.75, 3.05) is 40.4 Å². The van der Waals surface area contributed by atoms with E-state index in [1.54, 1.807) is 19.1 Å². The highest BCUT2D eigenvalue weighted by Crippen LogP contribution is 2.18. The third-order valence-electron chi connectivity index (χ3n) is 3.42. The van der Waals surface area contributed by atoms with Crippen LogP contribution in [0.4, 0.5) is 0 Å². The maximum absolute atomic E-state index is 12.5. The smallest absolute Gasteiger partial charge is 0.256 e. The van der Waals surface area contributed by atoms with Crippen molar-refractivity contribution in [1.29, 1.82) is 0 Å². The van der Waals surface area contributed by atoms with E-state index in [2.05, 4.69) is 5.32 Å². The number of hydrogen-bond donors (Lipinski definition) is 1. The molecule has 0 aliphatic carbocycles. The Labute approximate surface area is 119 Å². The van der Waals surface area contributed by atoms with Crippen molar-refractivity contribution in [3.63, 3.8) is 0 Å². The fourth-order valence-corrected chi connectivity index (χ4v) is 2.34. The summed E-state index contributed by atoms with van der Waals surface area (Å²) in [6.07, 6.45) is -0.510. The minimum atomic E-state index is -0.558. The van der Waals surface area contributed by atoms with Crippen LogP contribution in [0.2, 0.25) is 0 Å². The van der Waals surface area contributed by atoms with Crippen LogP contribution in [0.25, 0.3) is 0 Å². The molecule has 1 heterocycles. The standard InChI is InChI=1S/C15H22N2O3/c1-17(11-13-10-16-8-9-20-13)15(18)14(19-2)12-6-4-3-5-7-12/h3-7,13-14,16H,8-11H2,1-2H3. The molecule has 1 aliphatic rings. The zero-order chi connectivity index (χ0) is 14.4. The quantitative estimate of drug-likeness (QED) is 0.866. The molecule has 5 nitrogen and oxygen atoms in total. The van der Waals surface area contributed by atoms with Gasteiger partial charge < -0.3 is 19.7 Å². The second-order valence-electron chi connectivity index (χ2n) is 4.94. The van der Waals surface area contributed by atoms with Crippen LogP contribution < -0.4 is 5.32 Å². The molecule has 2 atom stereocenters. The lowest BCUT2D eigenvalue weighted by atomic mass is 10.1. The van der Waals surface area contributed by atoms with Gasteiger partial charge in [0.1, 0.15) is 0 Å². The van der Waals surface area contributed by atoms with Gasteiger partial charge in [0.05, 0.1) is 12.7 Å². The van der Waals surface area contributed by atoms with Crippen LogP contribution in [0.1, 0.15) is 11.7 Å². The summed E-state index contributed by atoms with van der Waals surface area (Å²) in [5.41, 5.74) is 0.870. The van der Waals surface area contributed by atoms with E-state index in [4.69, 9.17) is 9.47 Å². The van der Waals surface area contributed by atoms with Gasteiger partial charge in [0.25, 0.3) is 5.91 Å². The number of carbonyl (C=O) groups excluding carboxylic acids is 1. The molecule has 0 aromatic heterocycles. The zero-order valence-electron chi connectivity index (χ0n) is 12.0. The molecule has 2 rings (SSSR count). The summed E-state index contributed by atoms with van der Waals surface area (Å²) in [4.78, 5) is 14.2. The predicted molar refractivity (Wildman–Crippen MR) is 76.4 cm³/mol. The summed E-state index contributed by atoms with van der Waals surface area (Å²) in [7, 11) is 3.34. The monoisotopic (exact) mass is 278 g/mol. The van der Waals surface area contributed by atoms with Crippen molar-refractivity contribution in [3.8, 4) is 0 Å². The minimum Gasteiger partial charge on any atom is -0.374 e. The Bertz CT molecular complexity index is 418. The minimum absolute atomic E-state index is 0.0472. The number of benzene rings is 1. The molecule has 5 heteroatoms. The van der Waals surface area contributed by atoms with E-state index >= 15 is 0 Å². The number of ether oxygens (including phenoxy) is 2. The van der Waals surface area contributed by atoms with Gasteiger partial charge in [0.15, 0.2) is 6.10 Å². The van der Waals surface area contributed by atoms with Gasteiger partial charge in [-0.3, -0.25) is 4.79 Å². The molecule has 110 valence electrons. The molecule has 0 radical (unpaired) electrons. The van der Waals surface area contributed by atoms with E-state index in [9.17, 15) is 4.79 Å². The molecule has 0 spiro atoms. The van der Waals surface area contributed by atoms with Gasteiger partial charge in [-0.1, -0.05) is 30.3 Å². The number of rotatable bonds is 5. The molecule has 0 bridgehead atoms. The van der Waals surface area contributed by atoms with Crippen molar-refractivity contribution < 1.29 is 14.3 Å². The maximum atomic E-state index is 12.5. The lowest BCUT2D eigenvalue weighted by Gasteiger charge is -2.29. The van der Waals surface area contributed by atoms with E-state index in [0.29, 0.717) is 13.2 Å². The highest BCUT2D eigenvalue weighted by molar-refractivity contribution is 5.82.